The fraction of sp³-hybridized carbons (Fsp3) is 0.0714. The van der Waals surface area contributed by atoms with Gasteiger partial charge in [-0.2, -0.15) is 0 Å². The Labute approximate surface area is 118 Å². The summed E-state index contributed by atoms with van der Waals surface area (Å²) in [4.78, 5) is 11.5. The van der Waals surface area contributed by atoms with Crippen molar-refractivity contribution in [2.45, 2.75) is 6.04 Å². The Bertz CT molecular complexity index is 586. The van der Waals surface area contributed by atoms with Crippen LogP contribution in [0.25, 0.3) is 0 Å². The van der Waals surface area contributed by atoms with E-state index in [0.29, 0.717) is 5.69 Å². The van der Waals surface area contributed by atoms with E-state index in [1.54, 1.807) is 24.3 Å². The smallest absolute Gasteiger partial charge is 0.244 e. The first-order valence-corrected chi connectivity index (χ1v) is 6.43. The Balaban J connectivity index is 2.29. The standard InChI is InChI=1S/C14H12BrFN2O/c15-9-5-7-10(8-6-9)18-13(14(17)19)11-3-1-2-4-12(11)16/h1-8,13,18H,(H2,17,19). The molecule has 1 amide bonds. The summed E-state index contributed by atoms with van der Waals surface area (Å²) in [6, 6.07) is 12.4. The van der Waals surface area contributed by atoms with E-state index < -0.39 is 17.8 Å². The first-order chi connectivity index (χ1) is 9.08. The second kappa shape index (κ2) is 5.84. The van der Waals surface area contributed by atoms with Crippen LogP contribution in [0.5, 0.6) is 0 Å². The molecule has 2 rings (SSSR count). The highest BCUT2D eigenvalue weighted by atomic mass is 79.9. The van der Waals surface area contributed by atoms with Crippen molar-refractivity contribution in [2.24, 2.45) is 5.73 Å². The van der Waals surface area contributed by atoms with E-state index in [2.05, 4.69) is 21.2 Å². The number of anilines is 1. The molecule has 0 saturated carbocycles. The average Bonchev–Trinajstić information content (AvgIpc) is 2.39. The number of amides is 1. The molecule has 0 aliphatic carbocycles. The third kappa shape index (κ3) is 3.32. The summed E-state index contributed by atoms with van der Waals surface area (Å²) < 4.78 is 14.6. The van der Waals surface area contributed by atoms with E-state index in [1.807, 2.05) is 12.1 Å². The molecule has 3 nitrogen and oxygen atoms in total. The second-order valence-corrected chi connectivity index (χ2v) is 4.92. The number of halogens is 2. The van der Waals surface area contributed by atoms with Crippen LogP contribution in [0.15, 0.2) is 53.0 Å². The Morgan fingerprint density at radius 2 is 1.79 bits per heavy atom. The lowest BCUT2D eigenvalue weighted by molar-refractivity contribution is -0.118. The van der Waals surface area contributed by atoms with Gasteiger partial charge in [0.15, 0.2) is 0 Å². The van der Waals surface area contributed by atoms with Gasteiger partial charge in [-0.25, -0.2) is 4.39 Å². The molecular formula is C14H12BrFN2O. The van der Waals surface area contributed by atoms with Gasteiger partial charge in [0, 0.05) is 15.7 Å². The lowest BCUT2D eigenvalue weighted by Crippen LogP contribution is -2.28. The molecule has 0 spiro atoms. The predicted octanol–water partition coefficient (Wildman–Crippen LogP) is 3.23. The molecule has 0 aliphatic heterocycles. The van der Waals surface area contributed by atoms with Gasteiger partial charge in [-0.05, 0) is 30.3 Å². The first-order valence-electron chi connectivity index (χ1n) is 5.64. The number of nitrogens with two attached hydrogens (primary N) is 1. The van der Waals surface area contributed by atoms with Gasteiger partial charge in [-0.3, -0.25) is 4.79 Å². The van der Waals surface area contributed by atoms with Gasteiger partial charge in [-0.1, -0.05) is 34.1 Å². The van der Waals surface area contributed by atoms with Crippen LogP contribution in [0, 0.1) is 5.82 Å². The van der Waals surface area contributed by atoms with Crippen LogP contribution >= 0.6 is 15.9 Å². The van der Waals surface area contributed by atoms with E-state index in [9.17, 15) is 9.18 Å². The molecule has 3 N–H and O–H groups in total. The topological polar surface area (TPSA) is 55.1 Å². The highest BCUT2D eigenvalue weighted by molar-refractivity contribution is 9.10. The molecule has 19 heavy (non-hydrogen) atoms. The Morgan fingerprint density at radius 3 is 2.37 bits per heavy atom. The van der Waals surface area contributed by atoms with E-state index in [-0.39, 0.29) is 5.56 Å². The minimum Gasteiger partial charge on any atom is -0.370 e. The number of hydrogen-bond donors (Lipinski definition) is 2. The Hall–Kier alpha value is -1.88. The van der Waals surface area contributed by atoms with Gasteiger partial charge in [0.25, 0.3) is 0 Å². The first kappa shape index (κ1) is 13.5. The van der Waals surface area contributed by atoms with Gasteiger partial charge in [0.05, 0.1) is 0 Å². The molecule has 5 heteroatoms. The number of benzene rings is 2. The number of nitrogens with one attached hydrogen (secondary N) is 1. The Morgan fingerprint density at radius 1 is 1.16 bits per heavy atom. The summed E-state index contributed by atoms with van der Waals surface area (Å²) in [7, 11) is 0. The SMILES string of the molecule is NC(=O)C(Nc1ccc(Br)cc1)c1ccccc1F. The molecule has 1 atom stereocenters. The van der Waals surface area contributed by atoms with Gasteiger partial charge in [-0.15, -0.1) is 0 Å². The lowest BCUT2D eigenvalue weighted by atomic mass is 10.1. The minimum atomic E-state index is -0.901. The van der Waals surface area contributed by atoms with Gasteiger partial charge >= 0.3 is 0 Å². The molecule has 98 valence electrons. The number of rotatable bonds is 4. The highest BCUT2D eigenvalue weighted by Crippen LogP contribution is 2.23. The van der Waals surface area contributed by atoms with Crippen LogP contribution in [0.1, 0.15) is 11.6 Å². The Kier molecular flexibility index (Phi) is 4.16. The molecule has 0 heterocycles. The summed E-state index contributed by atoms with van der Waals surface area (Å²) >= 11 is 3.32. The largest absolute Gasteiger partial charge is 0.370 e. The molecule has 0 aliphatic rings. The summed E-state index contributed by atoms with van der Waals surface area (Å²) in [5.74, 6) is -1.09. The molecule has 2 aromatic carbocycles. The number of hydrogen-bond acceptors (Lipinski definition) is 2. The molecule has 0 aromatic heterocycles. The summed E-state index contributed by atoms with van der Waals surface area (Å²) in [6.45, 7) is 0. The van der Waals surface area contributed by atoms with Crippen LogP contribution in [0.3, 0.4) is 0 Å². The normalized spacial score (nSPS) is 11.9. The van der Waals surface area contributed by atoms with Crippen molar-refractivity contribution in [3.8, 4) is 0 Å². The lowest BCUT2D eigenvalue weighted by Gasteiger charge is -2.17. The molecule has 0 fully saturated rings. The van der Waals surface area contributed by atoms with E-state index in [4.69, 9.17) is 5.73 Å². The van der Waals surface area contributed by atoms with E-state index in [0.717, 1.165) is 4.47 Å². The highest BCUT2D eigenvalue weighted by Gasteiger charge is 2.20. The van der Waals surface area contributed by atoms with Crippen molar-refractivity contribution in [3.63, 3.8) is 0 Å². The van der Waals surface area contributed by atoms with Gasteiger partial charge in [0.1, 0.15) is 11.9 Å². The maximum Gasteiger partial charge on any atom is 0.244 e. The van der Waals surface area contributed by atoms with Crippen LogP contribution < -0.4 is 11.1 Å². The van der Waals surface area contributed by atoms with Crippen LogP contribution in [-0.4, -0.2) is 5.91 Å². The third-order valence-electron chi connectivity index (χ3n) is 2.66. The average molecular weight is 323 g/mol. The van der Waals surface area contributed by atoms with Gasteiger partial charge < -0.3 is 11.1 Å². The fourth-order valence-corrected chi connectivity index (χ4v) is 1.99. The van der Waals surface area contributed by atoms with Crippen molar-refractivity contribution >= 4 is 27.5 Å². The predicted molar refractivity (Wildman–Crippen MR) is 76.1 cm³/mol. The zero-order valence-corrected chi connectivity index (χ0v) is 11.5. The molecule has 0 radical (unpaired) electrons. The van der Waals surface area contributed by atoms with Crippen molar-refractivity contribution in [1.29, 1.82) is 0 Å². The summed E-state index contributed by atoms with van der Waals surface area (Å²) in [6.07, 6.45) is 0. The monoisotopic (exact) mass is 322 g/mol. The molecular weight excluding hydrogens is 311 g/mol. The van der Waals surface area contributed by atoms with Crippen LogP contribution in [-0.2, 0) is 4.79 Å². The van der Waals surface area contributed by atoms with Crippen molar-refractivity contribution in [2.75, 3.05) is 5.32 Å². The maximum absolute atomic E-state index is 13.7. The molecule has 1 unspecified atom stereocenters. The minimum absolute atomic E-state index is 0.234. The zero-order chi connectivity index (χ0) is 13.8. The van der Waals surface area contributed by atoms with E-state index in [1.165, 1.54) is 12.1 Å². The summed E-state index contributed by atoms with van der Waals surface area (Å²) in [5.41, 5.74) is 6.26. The number of carbonyl (C=O) groups is 1. The number of primary amides is 1. The second-order valence-electron chi connectivity index (χ2n) is 4.01. The molecule has 0 bridgehead atoms. The zero-order valence-electron chi connectivity index (χ0n) is 9.94. The third-order valence-corrected chi connectivity index (χ3v) is 3.18. The molecule has 2 aromatic rings. The summed E-state index contributed by atoms with van der Waals surface area (Å²) in [5, 5.41) is 2.93. The van der Waals surface area contributed by atoms with Crippen LogP contribution in [0.2, 0.25) is 0 Å². The number of carbonyl (C=O) groups excluding carboxylic acids is 1. The van der Waals surface area contributed by atoms with Crippen molar-refractivity contribution < 1.29 is 9.18 Å². The van der Waals surface area contributed by atoms with Gasteiger partial charge in [0.2, 0.25) is 5.91 Å². The quantitative estimate of drug-likeness (QED) is 0.908. The molecule has 0 saturated heterocycles. The van der Waals surface area contributed by atoms with Crippen LogP contribution in [0.4, 0.5) is 10.1 Å². The fourth-order valence-electron chi connectivity index (χ4n) is 1.72. The maximum atomic E-state index is 13.7. The van der Waals surface area contributed by atoms with E-state index >= 15 is 0 Å². The van der Waals surface area contributed by atoms with Crippen molar-refractivity contribution in [3.05, 3.63) is 64.4 Å². The van der Waals surface area contributed by atoms with Crippen molar-refractivity contribution in [1.82, 2.24) is 0 Å².